The molecule has 2 heterocycles. The number of rotatable bonds is 7. The van der Waals surface area contributed by atoms with E-state index >= 15 is 0 Å². The van der Waals surface area contributed by atoms with E-state index < -0.39 is 0 Å². The summed E-state index contributed by atoms with van der Waals surface area (Å²) in [5.41, 5.74) is 2.73. The molecule has 0 saturated carbocycles. The normalized spacial score (nSPS) is 16.1. The second kappa shape index (κ2) is 9.45. The van der Waals surface area contributed by atoms with Gasteiger partial charge in [-0.1, -0.05) is 53.7 Å². The molecule has 0 spiro atoms. The third-order valence-electron chi connectivity index (χ3n) is 5.17. The van der Waals surface area contributed by atoms with Crippen molar-refractivity contribution < 1.29 is 9.53 Å². The van der Waals surface area contributed by atoms with Crippen LogP contribution in [-0.2, 0) is 16.1 Å². The van der Waals surface area contributed by atoms with Gasteiger partial charge in [0.25, 0.3) is 5.56 Å². The van der Waals surface area contributed by atoms with Crippen molar-refractivity contribution in [1.82, 2.24) is 14.9 Å². The van der Waals surface area contributed by atoms with E-state index in [9.17, 15) is 9.59 Å². The summed E-state index contributed by atoms with van der Waals surface area (Å²) in [7, 11) is 0. The summed E-state index contributed by atoms with van der Waals surface area (Å²) in [6, 6.07) is 15.4. The van der Waals surface area contributed by atoms with Gasteiger partial charge in [0.2, 0.25) is 5.91 Å². The van der Waals surface area contributed by atoms with Crippen molar-refractivity contribution in [2.45, 2.75) is 37.6 Å². The van der Waals surface area contributed by atoms with E-state index in [1.54, 1.807) is 10.6 Å². The van der Waals surface area contributed by atoms with Crippen LogP contribution >= 0.6 is 11.8 Å². The number of ether oxygens (including phenoxy) is 1. The Morgan fingerprint density at radius 1 is 1.23 bits per heavy atom. The van der Waals surface area contributed by atoms with Crippen molar-refractivity contribution >= 4 is 28.6 Å². The smallest absolute Gasteiger partial charge is 0.262 e. The molecule has 6 nitrogen and oxygen atoms in total. The monoisotopic (exact) mass is 423 g/mol. The van der Waals surface area contributed by atoms with Crippen molar-refractivity contribution in [2.24, 2.45) is 0 Å². The van der Waals surface area contributed by atoms with Crippen molar-refractivity contribution in [3.63, 3.8) is 0 Å². The molecule has 1 atom stereocenters. The van der Waals surface area contributed by atoms with Crippen LogP contribution < -0.4 is 10.9 Å². The predicted octanol–water partition coefficient (Wildman–Crippen LogP) is 3.14. The van der Waals surface area contributed by atoms with Gasteiger partial charge in [-0.15, -0.1) is 0 Å². The van der Waals surface area contributed by atoms with Crippen LogP contribution in [0.1, 0.15) is 24.0 Å². The third kappa shape index (κ3) is 4.91. The van der Waals surface area contributed by atoms with Crippen molar-refractivity contribution in [1.29, 1.82) is 0 Å². The molecule has 1 aliphatic heterocycles. The average Bonchev–Trinajstić information content (AvgIpc) is 3.28. The molecule has 0 radical (unpaired) electrons. The van der Waals surface area contributed by atoms with Crippen LogP contribution in [0.25, 0.3) is 10.9 Å². The first-order chi connectivity index (χ1) is 14.6. The molecule has 2 aromatic carbocycles. The van der Waals surface area contributed by atoms with Crippen molar-refractivity contribution in [3.8, 4) is 0 Å². The number of nitrogens with zero attached hydrogens (tertiary/aromatic N) is 2. The predicted molar refractivity (Wildman–Crippen MR) is 119 cm³/mol. The van der Waals surface area contributed by atoms with Crippen LogP contribution in [0.4, 0.5) is 0 Å². The number of aryl methyl sites for hydroxylation is 1. The van der Waals surface area contributed by atoms with Gasteiger partial charge >= 0.3 is 0 Å². The van der Waals surface area contributed by atoms with Crippen molar-refractivity contribution in [3.05, 3.63) is 70.0 Å². The highest BCUT2D eigenvalue weighted by molar-refractivity contribution is 7.99. The number of aromatic nitrogens is 2. The summed E-state index contributed by atoms with van der Waals surface area (Å²) < 4.78 is 7.20. The molecular formula is C23H25N3O3S. The number of para-hydroxylation sites is 1. The molecule has 4 rings (SSSR count). The first-order valence-electron chi connectivity index (χ1n) is 10.2. The fourth-order valence-electron chi connectivity index (χ4n) is 3.49. The molecule has 156 valence electrons. The summed E-state index contributed by atoms with van der Waals surface area (Å²) in [4.78, 5) is 30.2. The molecule has 0 aliphatic carbocycles. The van der Waals surface area contributed by atoms with E-state index in [1.165, 1.54) is 17.3 Å². The van der Waals surface area contributed by atoms with E-state index in [2.05, 4.69) is 10.3 Å². The summed E-state index contributed by atoms with van der Waals surface area (Å²) in [6.45, 7) is 3.74. The maximum absolute atomic E-state index is 13.2. The standard InChI is InChI=1S/C23H25N3O3S/c1-16-8-10-17(11-9-16)14-26-22(28)19-6-2-3-7-20(19)25-23(26)30-15-21(27)24-13-18-5-4-12-29-18/h2-3,6-11,18H,4-5,12-15H2,1H3,(H,24,27)/t18-/m1/s1. The van der Waals surface area contributed by atoms with Crippen molar-refractivity contribution in [2.75, 3.05) is 18.9 Å². The molecule has 0 bridgehead atoms. The molecule has 1 amide bonds. The zero-order valence-electron chi connectivity index (χ0n) is 17.0. The van der Waals surface area contributed by atoms with Crippen LogP contribution in [0.2, 0.25) is 0 Å². The highest BCUT2D eigenvalue weighted by atomic mass is 32.2. The number of hydrogen-bond donors (Lipinski definition) is 1. The van der Waals surface area contributed by atoms with Crippen LogP contribution in [0.5, 0.6) is 0 Å². The molecule has 1 aromatic heterocycles. The molecular weight excluding hydrogens is 398 g/mol. The Bertz CT molecular complexity index is 1090. The number of carbonyl (C=O) groups excluding carboxylic acids is 1. The number of hydrogen-bond acceptors (Lipinski definition) is 5. The number of benzene rings is 2. The summed E-state index contributed by atoms with van der Waals surface area (Å²) in [6.07, 6.45) is 2.13. The second-order valence-electron chi connectivity index (χ2n) is 7.52. The number of thioether (sulfide) groups is 1. The van der Waals surface area contributed by atoms with Gasteiger partial charge in [-0.25, -0.2) is 4.98 Å². The first-order valence-corrected chi connectivity index (χ1v) is 11.1. The van der Waals surface area contributed by atoms with Gasteiger partial charge in [-0.2, -0.15) is 0 Å². The summed E-state index contributed by atoms with van der Waals surface area (Å²) >= 11 is 1.29. The summed E-state index contributed by atoms with van der Waals surface area (Å²) in [5.74, 6) is 0.116. The number of carbonyl (C=O) groups is 1. The minimum Gasteiger partial charge on any atom is -0.376 e. The van der Waals surface area contributed by atoms with Gasteiger partial charge in [0.15, 0.2) is 5.16 Å². The topological polar surface area (TPSA) is 73.2 Å². The van der Waals surface area contributed by atoms with Gasteiger partial charge < -0.3 is 10.1 Å². The fourth-order valence-corrected chi connectivity index (χ4v) is 4.32. The molecule has 30 heavy (non-hydrogen) atoms. The SMILES string of the molecule is Cc1ccc(Cn2c(SCC(=O)NC[C@H]3CCCO3)nc3ccccc3c2=O)cc1. The largest absolute Gasteiger partial charge is 0.376 e. The highest BCUT2D eigenvalue weighted by Gasteiger charge is 2.17. The Balaban J connectivity index is 1.54. The summed E-state index contributed by atoms with van der Waals surface area (Å²) in [5, 5.41) is 4.05. The molecule has 0 unspecified atom stereocenters. The van der Waals surface area contributed by atoms with E-state index in [0.717, 1.165) is 25.0 Å². The molecule has 1 saturated heterocycles. The van der Waals surface area contributed by atoms with E-state index in [0.29, 0.717) is 29.1 Å². The average molecular weight is 424 g/mol. The van der Waals surface area contributed by atoms with Gasteiger partial charge in [0.1, 0.15) is 0 Å². The second-order valence-corrected chi connectivity index (χ2v) is 8.46. The Kier molecular flexibility index (Phi) is 6.50. The first kappa shape index (κ1) is 20.6. The maximum atomic E-state index is 13.2. The Morgan fingerprint density at radius 3 is 2.80 bits per heavy atom. The van der Waals surface area contributed by atoms with Crippen LogP contribution in [-0.4, -0.2) is 40.5 Å². The van der Waals surface area contributed by atoms with Crippen LogP contribution in [0, 0.1) is 6.92 Å². The Morgan fingerprint density at radius 2 is 2.03 bits per heavy atom. The molecule has 1 N–H and O–H groups in total. The van der Waals surface area contributed by atoms with Gasteiger partial charge in [-0.05, 0) is 37.5 Å². The zero-order valence-corrected chi connectivity index (χ0v) is 17.8. The maximum Gasteiger partial charge on any atom is 0.262 e. The van der Waals surface area contributed by atoms with Crippen LogP contribution in [0.3, 0.4) is 0 Å². The molecule has 1 aliphatic rings. The van der Waals surface area contributed by atoms with Gasteiger partial charge in [0.05, 0.1) is 29.3 Å². The van der Waals surface area contributed by atoms with Crippen LogP contribution in [0.15, 0.2) is 58.5 Å². The van der Waals surface area contributed by atoms with E-state index in [4.69, 9.17) is 4.74 Å². The number of nitrogens with one attached hydrogen (secondary N) is 1. The molecule has 1 fully saturated rings. The van der Waals surface area contributed by atoms with E-state index in [-0.39, 0.29) is 23.3 Å². The Hall–Kier alpha value is -2.64. The third-order valence-corrected chi connectivity index (χ3v) is 6.15. The molecule has 7 heteroatoms. The quantitative estimate of drug-likeness (QED) is 0.467. The lowest BCUT2D eigenvalue weighted by Gasteiger charge is -2.14. The van der Waals surface area contributed by atoms with E-state index in [1.807, 2.05) is 49.4 Å². The number of amides is 1. The lowest BCUT2D eigenvalue weighted by Crippen LogP contribution is -2.33. The molecule has 3 aromatic rings. The van der Waals surface area contributed by atoms with Gasteiger partial charge in [-0.3, -0.25) is 14.2 Å². The minimum atomic E-state index is -0.0940. The lowest BCUT2D eigenvalue weighted by molar-refractivity contribution is -0.119. The zero-order chi connectivity index (χ0) is 20.9. The Labute approximate surface area is 179 Å². The highest BCUT2D eigenvalue weighted by Crippen LogP contribution is 2.19. The fraction of sp³-hybridized carbons (Fsp3) is 0.348. The minimum absolute atomic E-state index is 0.0835. The lowest BCUT2D eigenvalue weighted by atomic mass is 10.1. The van der Waals surface area contributed by atoms with Gasteiger partial charge in [0, 0.05) is 13.2 Å². The number of fused-ring (bicyclic) bond motifs is 1.